The summed E-state index contributed by atoms with van der Waals surface area (Å²) >= 11 is 0. The number of aryl methyl sites for hydroxylation is 3. The molecule has 2 aromatic rings. The van der Waals surface area contributed by atoms with Crippen LogP contribution in [-0.2, 0) is 10.0 Å². The molecule has 0 aliphatic carbocycles. The number of nitrogens with one attached hydrogen (secondary N) is 1. The van der Waals surface area contributed by atoms with Crippen molar-refractivity contribution in [3.63, 3.8) is 0 Å². The highest BCUT2D eigenvalue weighted by Gasteiger charge is 2.23. The molecule has 2 aromatic carbocycles. The van der Waals surface area contributed by atoms with Gasteiger partial charge < -0.3 is 5.32 Å². The van der Waals surface area contributed by atoms with Gasteiger partial charge in [0.1, 0.15) is 0 Å². The monoisotopic (exact) mass is 388 g/mol. The van der Waals surface area contributed by atoms with E-state index in [2.05, 4.69) is 5.32 Å². The standard InChI is InChI=1S/C21H28N2O3S/c1-7-23(8-2)27(25,26)19-12-16(5)17(6)20(13-19)22-21(24)18-10-14(3)9-15(4)11-18/h9-13H,7-8H2,1-6H3,(H,22,24). The Morgan fingerprint density at radius 1 is 0.926 bits per heavy atom. The second kappa shape index (κ2) is 8.23. The predicted molar refractivity (Wildman–Crippen MR) is 110 cm³/mol. The molecule has 0 saturated carbocycles. The number of benzene rings is 2. The lowest BCUT2D eigenvalue weighted by Gasteiger charge is -2.20. The molecule has 5 nitrogen and oxygen atoms in total. The fraction of sp³-hybridized carbons (Fsp3) is 0.381. The van der Waals surface area contributed by atoms with E-state index in [9.17, 15) is 13.2 Å². The van der Waals surface area contributed by atoms with Gasteiger partial charge in [-0.1, -0.05) is 31.0 Å². The zero-order valence-electron chi connectivity index (χ0n) is 16.9. The van der Waals surface area contributed by atoms with Gasteiger partial charge in [0.2, 0.25) is 10.0 Å². The molecule has 0 bridgehead atoms. The van der Waals surface area contributed by atoms with E-state index >= 15 is 0 Å². The van der Waals surface area contributed by atoms with E-state index in [0.29, 0.717) is 24.3 Å². The lowest BCUT2D eigenvalue weighted by Crippen LogP contribution is -2.30. The lowest BCUT2D eigenvalue weighted by molar-refractivity contribution is 0.102. The summed E-state index contributed by atoms with van der Waals surface area (Å²) in [5, 5.41) is 2.89. The Morgan fingerprint density at radius 2 is 1.48 bits per heavy atom. The van der Waals surface area contributed by atoms with Gasteiger partial charge >= 0.3 is 0 Å². The van der Waals surface area contributed by atoms with Crippen LogP contribution in [0.5, 0.6) is 0 Å². The number of carbonyl (C=O) groups excluding carboxylic acids is 1. The zero-order valence-corrected chi connectivity index (χ0v) is 17.7. The first-order valence-electron chi connectivity index (χ1n) is 9.11. The van der Waals surface area contributed by atoms with E-state index in [1.807, 2.05) is 59.7 Å². The molecule has 27 heavy (non-hydrogen) atoms. The number of rotatable bonds is 6. The molecule has 0 unspecified atom stereocenters. The first kappa shape index (κ1) is 21.1. The summed E-state index contributed by atoms with van der Waals surface area (Å²) in [5.41, 5.74) is 4.76. The van der Waals surface area contributed by atoms with Crippen LogP contribution < -0.4 is 5.32 Å². The number of carbonyl (C=O) groups is 1. The third-order valence-corrected chi connectivity index (χ3v) is 6.74. The van der Waals surface area contributed by atoms with Crippen LogP contribution in [0.2, 0.25) is 0 Å². The molecule has 0 saturated heterocycles. The largest absolute Gasteiger partial charge is 0.322 e. The number of nitrogens with zero attached hydrogens (tertiary/aromatic N) is 1. The van der Waals surface area contributed by atoms with Gasteiger partial charge in [-0.25, -0.2) is 8.42 Å². The zero-order chi connectivity index (χ0) is 20.4. The maximum Gasteiger partial charge on any atom is 0.255 e. The Morgan fingerprint density at radius 3 is 2.00 bits per heavy atom. The quantitative estimate of drug-likeness (QED) is 0.806. The van der Waals surface area contributed by atoms with Crippen molar-refractivity contribution >= 4 is 21.6 Å². The van der Waals surface area contributed by atoms with E-state index in [-0.39, 0.29) is 10.8 Å². The second-order valence-electron chi connectivity index (χ2n) is 6.83. The number of sulfonamides is 1. The summed E-state index contributed by atoms with van der Waals surface area (Å²) in [6.07, 6.45) is 0. The normalized spacial score (nSPS) is 11.7. The third-order valence-electron chi connectivity index (χ3n) is 4.72. The van der Waals surface area contributed by atoms with Gasteiger partial charge in [-0.05, 0) is 63.1 Å². The third kappa shape index (κ3) is 4.57. The molecule has 6 heteroatoms. The molecule has 0 radical (unpaired) electrons. The molecule has 0 fully saturated rings. The summed E-state index contributed by atoms with van der Waals surface area (Å²) in [4.78, 5) is 12.9. The first-order chi connectivity index (χ1) is 12.6. The highest BCUT2D eigenvalue weighted by atomic mass is 32.2. The minimum atomic E-state index is -3.59. The highest BCUT2D eigenvalue weighted by Crippen LogP contribution is 2.27. The number of hydrogen-bond donors (Lipinski definition) is 1. The maximum absolute atomic E-state index is 12.9. The topological polar surface area (TPSA) is 66.5 Å². The molecule has 0 spiro atoms. The van der Waals surface area contributed by atoms with Crippen molar-refractivity contribution in [2.24, 2.45) is 0 Å². The van der Waals surface area contributed by atoms with Gasteiger partial charge in [0.15, 0.2) is 0 Å². The van der Waals surface area contributed by atoms with E-state index < -0.39 is 10.0 Å². The first-order valence-corrected chi connectivity index (χ1v) is 10.5. The van der Waals surface area contributed by atoms with Crippen molar-refractivity contribution in [2.75, 3.05) is 18.4 Å². The molecule has 0 aliphatic heterocycles. The van der Waals surface area contributed by atoms with Crippen LogP contribution >= 0.6 is 0 Å². The molecule has 0 atom stereocenters. The van der Waals surface area contributed by atoms with Crippen LogP contribution in [0.3, 0.4) is 0 Å². The van der Waals surface area contributed by atoms with Crippen molar-refractivity contribution in [1.29, 1.82) is 0 Å². The minimum absolute atomic E-state index is 0.199. The fourth-order valence-corrected chi connectivity index (χ4v) is 4.69. The van der Waals surface area contributed by atoms with E-state index in [1.54, 1.807) is 12.1 Å². The summed E-state index contributed by atoms with van der Waals surface area (Å²) in [5.74, 6) is -0.248. The van der Waals surface area contributed by atoms with Crippen molar-refractivity contribution < 1.29 is 13.2 Å². The van der Waals surface area contributed by atoms with Gasteiger partial charge in [0.25, 0.3) is 5.91 Å². The summed E-state index contributed by atoms with van der Waals surface area (Å²) in [7, 11) is -3.59. The summed E-state index contributed by atoms with van der Waals surface area (Å²) in [6, 6.07) is 8.86. The summed E-state index contributed by atoms with van der Waals surface area (Å²) < 4.78 is 27.1. The Bertz CT molecular complexity index is 941. The van der Waals surface area contributed by atoms with Crippen molar-refractivity contribution in [2.45, 2.75) is 46.4 Å². The van der Waals surface area contributed by atoms with Crippen molar-refractivity contribution in [3.8, 4) is 0 Å². The van der Waals surface area contributed by atoms with E-state index in [0.717, 1.165) is 22.3 Å². The fourth-order valence-electron chi connectivity index (χ4n) is 3.12. The molecular weight excluding hydrogens is 360 g/mol. The number of hydrogen-bond acceptors (Lipinski definition) is 3. The van der Waals surface area contributed by atoms with Crippen LogP contribution in [0, 0.1) is 27.7 Å². The lowest BCUT2D eigenvalue weighted by atomic mass is 10.1. The van der Waals surface area contributed by atoms with Gasteiger partial charge in [-0.2, -0.15) is 4.31 Å². The van der Waals surface area contributed by atoms with E-state index in [1.165, 1.54) is 4.31 Å². The molecule has 2 rings (SSSR count). The van der Waals surface area contributed by atoms with Gasteiger partial charge in [-0.15, -0.1) is 0 Å². The van der Waals surface area contributed by atoms with Crippen LogP contribution in [0.25, 0.3) is 0 Å². The van der Waals surface area contributed by atoms with Crippen LogP contribution in [0.1, 0.15) is 46.5 Å². The Hall–Kier alpha value is -2.18. The molecule has 1 N–H and O–H groups in total. The molecule has 0 aliphatic rings. The molecule has 1 amide bonds. The van der Waals surface area contributed by atoms with E-state index in [4.69, 9.17) is 0 Å². The molecule has 0 heterocycles. The minimum Gasteiger partial charge on any atom is -0.322 e. The predicted octanol–water partition coefficient (Wildman–Crippen LogP) is 4.20. The van der Waals surface area contributed by atoms with Gasteiger partial charge in [0.05, 0.1) is 4.90 Å². The Labute approximate surface area is 162 Å². The highest BCUT2D eigenvalue weighted by molar-refractivity contribution is 7.89. The maximum atomic E-state index is 12.9. The summed E-state index contributed by atoms with van der Waals surface area (Å²) in [6.45, 7) is 12.0. The SMILES string of the molecule is CCN(CC)S(=O)(=O)c1cc(C)c(C)c(NC(=O)c2cc(C)cc(C)c2)c1. The molecular formula is C21H28N2O3S. The van der Waals surface area contributed by atoms with Gasteiger partial charge in [0, 0.05) is 24.3 Å². The smallest absolute Gasteiger partial charge is 0.255 e. The average molecular weight is 389 g/mol. The number of amides is 1. The second-order valence-corrected chi connectivity index (χ2v) is 8.77. The Kier molecular flexibility index (Phi) is 6.44. The molecule has 146 valence electrons. The van der Waals surface area contributed by atoms with Crippen LogP contribution in [0.4, 0.5) is 5.69 Å². The van der Waals surface area contributed by atoms with Crippen molar-refractivity contribution in [1.82, 2.24) is 4.31 Å². The Balaban J connectivity index is 2.46. The molecule has 0 aromatic heterocycles. The average Bonchev–Trinajstić information content (AvgIpc) is 2.58. The van der Waals surface area contributed by atoms with Gasteiger partial charge in [-0.3, -0.25) is 4.79 Å². The number of anilines is 1. The van der Waals surface area contributed by atoms with Crippen LogP contribution in [-0.4, -0.2) is 31.7 Å². The van der Waals surface area contributed by atoms with Crippen molar-refractivity contribution in [3.05, 3.63) is 58.1 Å². The van der Waals surface area contributed by atoms with Crippen LogP contribution in [0.15, 0.2) is 35.2 Å².